The van der Waals surface area contributed by atoms with Gasteiger partial charge in [-0.2, -0.15) is 0 Å². The minimum atomic E-state index is -1.34. The van der Waals surface area contributed by atoms with Crippen molar-refractivity contribution in [1.29, 1.82) is 0 Å². The van der Waals surface area contributed by atoms with Gasteiger partial charge in [-0.05, 0) is 95.5 Å². The van der Waals surface area contributed by atoms with Gasteiger partial charge in [0.1, 0.15) is 5.78 Å². The van der Waals surface area contributed by atoms with Crippen LogP contribution >= 0.6 is 0 Å². The topological polar surface area (TPSA) is 134 Å². The number of carbonyl (C=O) groups excluding carboxylic acids is 1. The summed E-state index contributed by atoms with van der Waals surface area (Å²) in [5, 5.41) is 40.9. The highest BCUT2D eigenvalue weighted by atomic mass is 16.6. The van der Waals surface area contributed by atoms with Gasteiger partial charge in [0.05, 0.1) is 30.3 Å². The highest BCUT2D eigenvalue weighted by Crippen LogP contribution is 2.35. The second kappa shape index (κ2) is 21.6. The normalized spacial score (nSPS) is 24.4. The second-order valence-electron chi connectivity index (χ2n) is 15.2. The van der Waals surface area contributed by atoms with Gasteiger partial charge in [0, 0.05) is 25.4 Å². The van der Waals surface area contributed by atoms with Gasteiger partial charge in [-0.15, -0.1) is 0 Å². The van der Waals surface area contributed by atoms with Crippen LogP contribution in [-0.2, 0) is 19.1 Å². The molecule has 0 fully saturated rings. The number of ether oxygens (including phenoxy) is 2. The first-order chi connectivity index (χ1) is 21.5. The van der Waals surface area contributed by atoms with Crippen molar-refractivity contribution >= 4 is 11.8 Å². The van der Waals surface area contributed by atoms with E-state index >= 15 is 0 Å². The first-order valence-electron chi connectivity index (χ1n) is 18.3. The standard InChI is InChI=1S/C38H70O8/c1-9-32(31(6)45-8)15-12-21-37(7,43)23-20-34-17-13-22-38(44,46-34)30(5)25-28(3)18-19-35(40)29(4)24-27(2)14-10-11-16-33(39)26-36(41)42/h13,22,27-34,39,43-44H,9-12,14-21,23-26H2,1-8H3,(H,41,42)/t27-,28?,29?,30?,31?,32?,33?,34?,37-,38?/m1/s1. The zero-order valence-corrected chi connectivity index (χ0v) is 30.5. The summed E-state index contributed by atoms with van der Waals surface area (Å²) in [6.07, 6.45) is 14.7. The number of hydrogen-bond donors (Lipinski definition) is 4. The summed E-state index contributed by atoms with van der Waals surface area (Å²) in [4.78, 5) is 23.6. The van der Waals surface area contributed by atoms with E-state index in [-0.39, 0.29) is 42.2 Å². The third-order valence-electron chi connectivity index (χ3n) is 10.5. The van der Waals surface area contributed by atoms with Crippen LogP contribution in [-0.4, -0.2) is 69.0 Å². The largest absolute Gasteiger partial charge is 0.481 e. The summed E-state index contributed by atoms with van der Waals surface area (Å²) in [5.74, 6) is -1.02. The van der Waals surface area contributed by atoms with E-state index in [1.807, 2.05) is 26.8 Å². The second-order valence-corrected chi connectivity index (χ2v) is 15.2. The molecule has 46 heavy (non-hydrogen) atoms. The molecule has 1 rings (SSSR count). The average molecular weight is 655 g/mol. The Bertz CT molecular complexity index is 888. The molecule has 0 aromatic heterocycles. The van der Waals surface area contributed by atoms with E-state index < -0.39 is 23.5 Å². The fraction of sp³-hybridized carbons (Fsp3) is 0.895. The molecule has 0 saturated carbocycles. The fourth-order valence-corrected chi connectivity index (χ4v) is 7.06. The average Bonchev–Trinajstić information content (AvgIpc) is 2.98. The maximum Gasteiger partial charge on any atom is 0.305 e. The Kier molecular flexibility index (Phi) is 20.1. The predicted octanol–water partition coefficient (Wildman–Crippen LogP) is 7.85. The van der Waals surface area contributed by atoms with Crippen LogP contribution in [0.1, 0.15) is 151 Å². The number of methoxy groups -OCH3 is 1. The maximum absolute atomic E-state index is 12.9. The highest BCUT2D eigenvalue weighted by molar-refractivity contribution is 5.80. The molecule has 8 unspecified atom stereocenters. The van der Waals surface area contributed by atoms with Crippen molar-refractivity contribution in [3.63, 3.8) is 0 Å². The van der Waals surface area contributed by atoms with Crippen LogP contribution in [0.5, 0.6) is 0 Å². The van der Waals surface area contributed by atoms with Crippen molar-refractivity contribution < 1.29 is 39.5 Å². The molecule has 8 nitrogen and oxygen atoms in total. The van der Waals surface area contributed by atoms with Crippen LogP contribution in [0, 0.1) is 29.6 Å². The maximum atomic E-state index is 12.9. The number of rotatable bonds is 26. The van der Waals surface area contributed by atoms with Crippen LogP contribution in [0.15, 0.2) is 12.2 Å². The van der Waals surface area contributed by atoms with Gasteiger partial charge in [-0.3, -0.25) is 9.59 Å². The number of unbranched alkanes of at least 4 members (excludes halogenated alkanes) is 1. The molecule has 1 aliphatic heterocycles. The summed E-state index contributed by atoms with van der Waals surface area (Å²) in [7, 11) is 1.76. The molecule has 0 saturated heterocycles. The van der Waals surface area contributed by atoms with E-state index in [0.29, 0.717) is 37.5 Å². The molecule has 270 valence electrons. The molecule has 1 heterocycles. The van der Waals surface area contributed by atoms with Crippen molar-refractivity contribution in [1.82, 2.24) is 0 Å². The Morgan fingerprint density at radius 1 is 1.00 bits per heavy atom. The molecule has 0 radical (unpaired) electrons. The number of hydrogen-bond acceptors (Lipinski definition) is 7. The van der Waals surface area contributed by atoms with Crippen molar-refractivity contribution in [2.24, 2.45) is 29.6 Å². The van der Waals surface area contributed by atoms with Gasteiger partial charge in [0.15, 0.2) is 5.79 Å². The number of carbonyl (C=O) groups is 2. The van der Waals surface area contributed by atoms with Gasteiger partial charge in [-0.25, -0.2) is 0 Å². The fourth-order valence-electron chi connectivity index (χ4n) is 7.06. The molecule has 0 aliphatic carbocycles. The molecular formula is C38H70O8. The van der Waals surface area contributed by atoms with Gasteiger partial charge < -0.3 is 29.9 Å². The molecule has 0 bridgehead atoms. The van der Waals surface area contributed by atoms with E-state index in [0.717, 1.165) is 70.6 Å². The highest BCUT2D eigenvalue weighted by Gasteiger charge is 2.38. The summed E-state index contributed by atoms with van der Waals surface area (Å²) < 4.78 is 11.8. The first kappa shape index (κ1) is 42.7. The first-order valence-corrected chi connectivity index (χ1v) is 18.3. The molecule has 8 heteroatoms. The summed E-state index contributed by atoms with van der Waals surface area (Å²) in [5.41, 5.74) is -0.772. The SMILES string of the molecule is CCC(CCC[C@@](C)(O)CCC1CC=CC(O)(C(C)CC(C)CCC(=O)C(C)C[C@H](C)CCCCC(O)CC(=O)O)O1)C(C)OC. The minimum absolute atomic E-state index is 0.00835. The molecule has 0 amide bonds. The third-order valence-corrected chi connectivity index (χ3v) is 10.5. The monoisotopic (exact) mass is 655 g/mol. The number of carboxylic acid groups (broad SMARTS) is 1. The number of aliphatic carboxylic acids is 1. The number of aliphatic hydroxyl groups is 3. The van der Waals surface area contributed by atoms with Crippen LogP contribution in [0.4, 0.5) is 0 Å². The minimum Gasteiger partial charge on any atom is -0.481 e. The quantitative estimate of drug-likeness (QED) is 0.0547. The van der Waals surface area contributed by atoms with Crippen LogP contribution in [0.25, 0.3) is 0 Å². The zero-order valence-electron chi connectivity index (χ0n) is 30.5. The lowest BCUT2D eigenvalue weighted by Gasteiger charge is -2.39. The zero-order chi connectivity index (χ0) is 34.9. The Morgan fingerprint density at radius 2 is 1.65 bits per heavy atom. The van der Waals surface area contributed by atoms with Gasteiger partial charge >= 0.3 is 5.97 Å². The number of carboxylic acids is 1. The Morgan fingerprint density at radius 3 is 2.28 bits per heavy atom. The van der Waals surface area contributed by atoms with Crippen molar-refractivity contribution in [3.05, 3.63) is 12.2 Å². The lowest BCUT2D eigenvalue weighted by Crippen LogP contribution is -2.44. The van der Waals surface area contributed by atoms with Crippen molar-refractivity contribution in [2.75, 3.05) is 7.11 Å². The molecule has 10 atom stereocenters. The Balaban J connectivity index is 2.42. The van der Waals surface area contributed by atoms with Gasteiger partial charge in [0.2, 0.25) is 0 Å². The lowest BCUT2D eigenvalue weighted by atomic mass is 9.84. The van der Waals surface area contributed by atoms with Crippen LogP contribution < -0.4 is 0 Å². The smallest absolute Gasteiger partial charge is 0.305 e. The van der Waals surface area contributed by atoms with E-state index in [1.165, 1.54) is 0 Å². The van der Waals surface area contributed by atoms with Crippen LogP contribution in [0.2, 0.25) is 0 Å². The predicted molar refractivity (Wildman–Crippen MR) is 184 cm³/mol. The lowest BCUT2D eigenvalue weighted by molar-refractivity contribution is -0.234. The molecule has 0 aromatic rings. The third kappa shape index (κ3) is 17.2. The van der Waals surface area contributed by atoms with Crippen LogP contribution in [0.3, 0.4) is 0 Å². The molecule has 1 aliphatic rings. The molecule has 0 spiro atoms. The van der Waals surface area contributed by atoms with E-state index in [1.54, 1.807) is 13.2 Å². The molecule has 4 N–H and O–H groups in total. The van der Waals surface area contributed by atoms with Gasteiger partial charge in [0.25, 0.3) is 0 Å². The number of aliphatic hydroxyl groups excluding tert-OH is 1. The molecule has 0 aromatic carbocycles. The van der Waals surface area contributed by atoms with E-state index in [2.05, 4.69) is 27.7 Å². The number of ketones is 1. The van der Waals surface area contributed by atoms with E-state index in [9.17, 15) is 24.9 Å². The summed E-state index contributed by atoms with van der Waals surface area (Å²) >= 11 is 0. The Hall–Kier alpha value is -1.32. The Labute approximate surface area is 280 Å². The van der Waals surface area contributed by atoms with Crippen molar-refractivity contribution in [2.45, 2.75) is 181 Å². The van der Waals surface area contributed by atoms with Crippen molar-refractivity contribution in [3.8, 4) is 0 Å². The summed E-state index contributed by atoms with van der Waals surface area (Å²) in [6.45, 7) is 14.5. The summed E-state index contributed by atoms with van der Waals surface area (Å²) in [6, 6.07) is 0. The van der Waals surface area contributed by atoms with Gasteiger partial charge in [-0.1, -0.05) is 72.8 Å². The number of Topliss-reactive ketones (excluding diaryl/α,β-unsaturated/α-hetero) is 1. The molecular weight excluding hydrogens is 584 g/mol. The van der Waals surface area contributed by atoms with E-state index in [4.69, 9.17) is 14.6 Å².